The fraction of sp³-hybridized carbons (Fsp3) is 0.240. The number of halogens is 2. The maximum absolute atomic E-state index is 13.4. The van der Waals surface area contributed by atoms with E-state index in [1.54, 1.807) is 23.9 Å². The lowest BCUT2D eigenvalue weighted by atomic mass is 10.1. The number of carbonyl (C=O) groups excluding carboxylic acids is 1. The maximum Gasteiger partial charge on any atom is 0.264 e. The summed E-state index contributed by atoms with van der Waals surface area (Å²) >= 11 is 13.5. The van der Waals surface area contributed by atoms with Gasteiger partial charge >= 0.3 is 0 Å². The van der Waals surface area contributed by atoms with Crippen LogP contribution >= 0.6 is 35.0 Å². The van der Waals surface area contributed by atoms with Crippen molar-refractivity contribution in [1.29, 1.82) is 0 Å². The first-order valence-electron chi connectivity index (χ1n) is 10.7. The van der Waals surface area contributed by atoms with E-state index in [-0.39, 0.29) is 17.3 Å². The molecule has 3 rings (SSSR count). The van der Waals surface area contributed by atoms with E-state index in [2.05, 4.69) is 5.32 Å². The van der Waals surface area contributed by atoms with Crippen molar-refractivity contribution in [3.63, 3.8) is 0 Å². The summed E-state index contributed by atoms with van der Waals surface area (Å²) in [6.45, 7) is 3.98. The molecule has 0 atom stereocenters. The summed E-state index contributed by atoms with van der Waals surface area (Å²) < 4.78 is 28.0. The van der Waals surface area contributed by atoms with Crippen molar-refractivity contribution in [2.75, 3.05) is 23.1 Å². The van der Waals surface area contributed by atoms with E-state index >= 15 is 0 Å². The summed E-state index contributed by atoms with van der Waals surface area (Å²) in [5, 5.41) is 3.97. The number of rotatable bonds is 10. The zero-order valence-electron chi connectivity index (χ0n) is 18.9. The largest absolute Gasteiger partial charge is 0.354 e. The van der Waals surface area contributed by atoms with Crippen LogP contribution in [0.25, 0.3) is 0 Å². The second kappa shape index (κ2) is 12.0. The average molecular weight is 538 g/mol. The van der Waals surface area contributed by atoms with E-state index in [9.17, 15) is 13.2 Å². The van der Waals surface area contributed by atoms with Crippen molar-refractivity contribution in [1.82, 2.24) is 5.32 Å². The molecule has 0 radical (unpaired) electrons. The topological polar surface area (TPSA) is 66.5 Å². The minimum Gasteiger partial charge on any atom is -0.354 e. The third-order valence-electron chi connectivity index (χ3n) is 5.19. The molecule has 34 heavy (non-hydrogen) atoms. The van der Waals surface area contributed by atoms with Gasteiger partial charge in [0.15, 0.2) is 0 Å². The molecule has 0 unspecified atom stereocenters. The minimum absolute atomic E-state index is 0.0716. The number of nitrogens with one attached hydrogen (secondary N) is 1. The first-order chi connectivity index (χ1) is 16.2. The molecule has 180 valence electrons. The second-order valence-corrected chi connectivity index (χ2v) is 11.6. The van der Waals surface area contributed by atoms with Crippen LogP contribution in [0.4, 0.5) is 5.69 Å². The monoisotopic (exact) mass is 536 g/mol. The molecule has 0 bridgehead atoms. The van der Waals surface area contributed by atoms with Crippen LogP contribution in [0.3, 0.4) is 0 Å². The Morgan fingerprint density at radius 3 is 2.15 bits per heavy atom. The van der Waals surface area contributed by atoms with Crippen LogP contribution in [0.2, 0.25) is 10.0 Å². The minimum atomic E-state index is -3.97. The van der Waals surface area contributed by atoms with E-state index in [1.807, 2.05) is 44.2 Å². The third-order valence-corrected chi connectivity index (χ3v) is 8.58. The number of nitrogens with zero attached hydrogens (tertiary/aromatic N) is 1. The molecule has 9 heteroatoms. The number of anilines is 1. The highest BCUT2D eigenvalue weighted by Gasteiger charge is 2.27. The van der Waals surface area contributed by atoms with Crippen LogP contribution < -0.4 is 9.62 Å². The van der Waals surface area contributed by atoms with Crippen molar-refractivity contribution in [2.24, 2.45) is 0 Å². The van der Waals surface area contributed by atoms with Crippen molar-refractivity contribution in [3.8, 4) is 0 Å². The Morgan fingerprint density at radius 2 is 1.53 bits per heavy atom. The van der Waals surface area contributed by atoms with Gasteiger partial charge < -0.3 is 5.32 Å². The molecule has 0 fully saturated rings. The Kier molecular flexibility index (Phi) is 9.31. The van der Waals surface area contributed by atoms with E-state index in [0.29, 0.717) is 22.3 Å². The Balaban J connectivity index is 1.67. The van der Waals surface area contributed by atoms with Gasteiger partial charge in [-0.3, -0.25) is 9.10 Å². The van der Waals surface area contributed by atoms with Gasteiger partial charge in [-0.2, -0.15) is 0 Å². The van der Waals surface area contributed by atoms with Gasteiger partial charge in [0.25, 0.3) is 10.0 Å². The lowest BCUT2D eigenvalue weighted by Crippen LogP contribution is -2.41. The van der Waals surface area contributed by atoms with Crippen molar-refractivity contribution >= 4 is 56.6 Å². The van der Waals surface area contributed by atoms with E-state index in [0.717, 1.165) is 32.5 Å². The molecule has 0 aliphatic carbocycles. The number of aryl methyl sites for hydroxylation is 2. The fourth-order valence-corrected chi connectivity index (χ4v) is 5.65. The molecule has 1 N–H and O–H groups in total. The highest BCUT2D eigenvalue weighted by atomic mass is 35.5. The van der Waals surface area contributed by atoms with Gasteiger partial charge in [-0.05, 0) is 97.8 Å². The van der Waals surface area contributed by atoms with Gasteiger partial charge in [0.1, 0.15) is 6.54 Å². The standard InChI is InChI=1S/C25H26Cl2N2O3S2/c1-18-4-9-22(16-19(18)2)29(34(31,32)24-12-7-21(27)8-13-24)17-25(30)28-14-3-15-33-23-10-5-20(26)6-11-23/h4-13,16H,3,14-15,17H2,1-2H3,(H,28,30). The number of hydrogen-bond donors (Lipinski definition) is 1. The molecular formula is C25H26Cl2N2O3S2. The summed E-state index contributed by atoms with van der Waals surface area (Å²) in [6.07, 6.45) is 0.743. The predicted octanol–water partition coefficient (Wildman–Crippen LogP) is 6.10. The van der Waals surface area contributed by atoms with E-state index in [4.69, 9.17) is 23.2 Å². The summed E-state index contributed by atoms with van der Waals surface area (Å²) in [5.74, 6) is 0.443. The Morgan fingerprint density at radius 1 is 0.912 bits per heavy atom. The lowest BCUT2D eigenvalue weighted by Gasteiger charge is -2.25. The van der Waals surface area contributed by atoms with Crippen LogP contribution in [-0.4, -0.2) is 33.2 Å². The summed E-state index contributed by atoms with van der Waals surface area (Å²) in [6, 6.07) is 18.9. The van der Waals surface area contributed by atoms with Crippen molar-refractivity contribution in [3.05, 3.63) is 87.9 Å². The number of hydrogen-bond acceptors (Lipinski definition) is 4. The van der Waals surface area contributed by atoms with E-state index in [1.165, 1.54) is 24.3 Å². The molecule has 0 aromatic heterocycles. The molecule has 0 heterocycles. The lowest BCUT2D eigenvalue weighted by molar-refractivity contribution is -0.119. The summed E-state index contributed by atoms with van der Waals surface area (Å²) in [5.41, 5.74) is 2.41. The zero-order valence-corrected chi connectivity index (χ0v) is 22.1. The van der Waals surface area contributed by atoms with Gasteiger partial charge in [0.2, 0.25) is 5.91 Å². The highest BCUT2D eigenvalue weighted by Crippen LogP contribution is 2.26. The number of carbonyl (C=O) groups is 1. The first kappa shape index (κ1) is 26.4. The van der Waals surface area contributed by atoms with Crippen LogP contribution in [0.1, 0.15) is 17.5 Å². The maximum atomic E-state index is 13.4. The highest BCUT2D eigenvalue weighted by molar-refractivity contribution is 7.99. The molecule has 0 saturated heterocycles. The molecule has 0 aliphatic heterocycles. The molecule has 1 amide bonds. The summed E-state index contributed by atoms with van der Waals surface area (Å²) in [4.78, 5) is 13.9. The van der Waals surface area contributed by atoms with Crippen molar-refractivity contribution in [2.45, 2.75) is 30.1 Å². The number of benzene rings is 3. The van der Waals surface area contributed by atoms with Crippen LogP contribution in [0.5, 0.6) is 0 Å². The van der Waals surface area contributed by atoms with E-state index < -0.39 is 10.0 Å². The SMILES string of the molecule is Cc1ccc(N(CC(=O)NCCCSc2ccc(Cl)cc2)S(=O)(=O)c2ccc(Cl)cc2)cc1C. The number of thioether (sulfide) groups is 1. The molecular weight excluding hydrogens is 511 g/mol. The Labute approximate surface area is 215 Å². The molecule has 0 saturated carbocycles. The van der Waals surface area contributed by atoms with Gasteiger partial charge in [-0.25, -0.2) is 8.42 Å². The second-order valence-electron chi connectivity index (χ2n) is 7.74. The average Bonchev–Trinajstić information content (AvgIpc) is 2.80. The Hall–Kier alpha value is -2.19. The quantitative estimate of drug-likeness (QED) is 0.251. The normalized spacial score (nSPS) is 11.3. The zero-order chi connectivity index (χ0) is 24.7. The fourth-order valence-electron chi connectivity index (χ4n) is 3.14. The van der Waals surface area contributed by atoms with Crippen LogP contribution in [0.15, 0.2) is 76.5 Å². The molecule has 0 aliphatic rings. The number of amides is 1. The molecule has 0 spiro atoms. The smallest absolute Gasteiger partial charge is 0.264 e. The van der Waals surface area contributed by atoms with Gasteiger partial charge in [0, 0.05) is 21.5 Å². The van der Waals surface area contributed by atoms with Crippen molar-refractivity contribution < 1.29 is 13.2 Å². The van der Waals surface area contributed by atoms with Gasteiger partial charge in [-0.1, -0.05) is 29.3 Å². The van der Waals surface area contributed by atoms with Gasteiger partial charge in [-0.15, -0.1) is 11.8 Å². The predicted molar refractivity (Wildman–Crippen MR) is 142 cm³/mol. The van der Waals surface area contributed by atoms with Crippen LogP contribution in [-0.2, 0) is 14.8 Å². The molecule has 5 nitrogen and oxygen atoms in total. The first-order valence-corrected chi connectivity index (χ1v) is 13.9. The van der Waals surface area contributed by atoms with Gasteiger partial charge in [0.05, 0.1) is 10.6 Å². The van der Waals surface area contributed by atoms with Crippen LogP contribution in [0, 0.1) is 13.8 Å². The molecule has 3 aromatic rings. The molecule has 3 aromatic carbocycles. The number of sulfonamides is 1. The Bertz CT molecular complexity index is 1230. The third kappa shape index (κ3) is 7.15. The summed E-state index contributed by atoms with van der Waals surface area (Å²) in [7, 11) is -3.97.